The zero-order valence-electron chi connectivity index (χ0n) is 9.80. The lowest BCUT2D eigenvalue weighted by Gasteiger charge is -2.12. The van der Waals surface area contributed by atoms with Gasteiger partial charge in [-0.05, 0) is 24.1 Å². The van der Waals surface area contributed by atoms with Crippen molar-refractivity contribution >= 4 is 28.6 Å². The monoisotopic (exact) mass is 265 g/mol. The summed E-state index contributed by atoms with van der Waals surface area (Å²) in [4.78, 5) is 12.2. The van der Waals surface area contributed by atoms with Gasteiger partial charge in [-0.1, -0.05) is 6.58 Å². The summed E-state index contributed by atoms with van der Waals surface area (Å²) in [5, 5.41) is 0.103. The Balaban J connectivity index is 2.11. The molecule has 0 aromatic carbocycles. The fraction of sp³-hybridized carbons (Fsp3) is 0.364. The van der Waals surface area contributed by atoms with Gasteiger partial charge in [0.2, 0.25) is 5.28 Å². The van der Waals surface area contributed by atoms with E-state index in [0.717, 1.165) is 12.0 Å². The zero-order valence-corrected chi connectivity index (χ0v) is 10.6. The van der Waals surface area contributed by atoms with E-state index < -0.39 is 0 Å². The standard InChI is InChI=1S/C11H12ClN5O/c1-5-3-7(18-6(5)2)17-4-14-8-9(13)15-11(12)16-10(8)17/h4,6-7H,1,3H2,2H3,(H2,13,15,16)/t6-,7-/m1/s1. The molecule has 2 aromatic heterocycles. The number of hydrogen-bond acceptors (Lipinski definition) is 5. The molecule has 2 N–H and O–H groups in total. The van der Waals surface area contributed by atoms with Crippen LogP contribution in [-0.2, 0) is 4.74 Å². The molecule has 94 valence electrons. The molecule has 7 heteroatoms. The van der Waals surface area contributed by atoms with Crippen LogP contribution in [0.4, 0.5) is 5.82 Å². The number of imidazole rings is 1. The summed E-state index contributed by atoms with van der Waals surface area (Å²) < 4.78 is 7.60. The van der Waals surface area contributed by atoms with E-state index in [0.29, 0.717) is 11.2 Å². The number of anilines is 1. The minimum absolute atomic E-state index is 0.0297. The SMILES string of the molecule is C=C1C[C@H](n2cnc3c(N)nc(Cl)nc32)O[C@@H]1C. The molecule has 3 rings (SSSR count). The van der Waals surface area contributed by atoms with Crippen molar-refractivity contribution in [3.05, 3.63) is 23.8 Å². The van der Waals surface area contributed by atoms with Crippen LogP contribution >= 0.6 is 11.6 Å². The first kappa shape index (κ1) is 11.4. The molecule has 1 fully saturated rings. The number of aromatic nitrogens is 4. The molecule has 0 saturated carbocycles. The molecule has 2 atom stereocenters. The third kappa shape index (κ3) is 1.65. The molecule has 6 nitrogen and oxygen atoms in total. The molecule has 2 aromatic rings. The van der Waals surface area contributed by atoms with E-state index in [9.17, 15) is 0 Å². The van der Waals surface area contributed by atoms with E-state index in [1.807, 2.05) is 11.5 Å². The van der Waals surface area contributed by atoms with Crippen LogP contribution in [0, 0.1) is 0 Å². The maximum absolute atomic E-state index is 5.82. The van der Waals surface area contributed by atoms with Gasteiger partial charge in [-0.2, -0.15) is 9.97 Å². The van der Waals surface area contributed by atoms with E-state index in [4.69, 9.17) is 22.1 Å². The Kier molecular flexibility index (Phi) is 2.49. The van der Waals surface area contributed by atoms with Crippen molar-refractivity contribution in [2.45, 2.75) is 25.7 Å². The predicted molar refractivity (Wildman–Crippen MR) is 68.1 cm³/mol. The summed E-state index contributed by atoms with van der Waals surface area (Å²) in [5.74, 6) is 0.272. The van der Waals surface area contributed by atoms with Crippen molar-refractivity contribution in [2.24, 2.45) is 0 Å². The average molecular weight is 266 g/mol. The molecule has 0 aliphatic carbocycles. The fourth-order valence-corrected chi connectivity index (χ4v) is 2.23. The van der Waals surface area contributed by atoms with Crippen LogP contribution in [0.3, 0.4) is 0 Å². The first-order valence-corrected chi connectivity index (χ1v) is 5.92. The van der Waals surface area contributed by atoms with Crippen LogP contribution in [0.5, 0.6) is 0 Å². The van der Waals surface area contributed by atoms with Crippen molar-refractivity contribution < 1.29 is 4.74 Å². The van der Waals surface area contributed by atoms with E-state index in [2.05, 4.69) is 21.5 Å². The van der Waals surface area contributed by atoms with Crippen LogP contribution < -0.4 is 5.73 Å². The zero-order chi connectivity index (χ0) is 12.9. The van der Waals surface area contributed by atoms with Gasteiger partial charge in [0, 0.05) is 6.42 Å². The Morgan fingerprint density at radius 3 is 3.00 bits per heavy atom. The van der Waals surface area contributed by atoms with E-state index in [1.54, 1.807) is 6.33 Å². The van der Waals surface area contributed by atoms with E-state index in [-0.39, 0.29) is 23.4 Å². The van der Waals surface area contributed by atoms with E-state index in [1.165, 1.54) is 0 Å². The van der Waals surface area contributed by atoms with Crippen molar-refractivity contribution in [1.82, 2.24) is 19.5 Å². The lowest BCUT2D eigenvalue weighted by Crippen LogP contribution is -2.09. The highest BCUT2D eigenvalue weighted by Gasteiger charge is 2.28. The minimum atomic E-state index is -0.164. The van der Waals surface area contributed by atoms with Crippen molar-refractivity contribution in [2.75, 3.05) is 5.73 Å². The number of nitrogens with zero attached hydrogens (tertiary/aromatic N) is 4. The van der Waals surface area contributed by atoms with Gasteiger partial charge in [-0.25, -0.2) is 4.98 Å². The second kappa shape index (κ2) is 3.93. The van der Waals surface area contributed by atoms with Gasteiger partial charge in [0.05, 0.1) is 12.4 Å². The first-order chi connectivity index (χ1) is 8.56. The highest BCUT2D eigenvalue weighted by atomic mass is 35.5. The third-order valence-corrected chi connectivity index (χ3v) is 3.27. The fourth-order valence-electron chi connectivity index (χ4n) is 2.06. The van der Waals surface area contributed by atoms with Gasteiger partial charge >= 0.3 is 0 Å². The van der Waals surface area contributed by atoms with Crippen LogP contribution in [0.2, 0.25) is 5.28 Å². The minimum Gasteiger partial charge on any atom is -0.382 e. The molecule has 1 aliphatic rings. The Bertz CT molecular complexity index is 638. The highest BCUT2D eigenvalue weighted by molar-refractivity contribution is 6.28. The second-order valence-corrected chi connectivity index (χ2v) is 4.64. The molecule has 0 unspecified atom stereocenters. The van der Waals surface area contributed by atoms with Gasteiger partial charge in [0.1, 0.15) is 11.7 Å². The van der Waals surface area contributed by atoms with Gasteiger partial charge in [-0.15, -0.1) is 0 Å². The second-order valence-electron chi connectivity index (χ2n) is 4.30. The number of halogens is 1. The summed E-state index contributed by atoms with van der Waals surface area (Å²) in [7, 11) is 0. The van der Waals surface area contributed by atoms with Gasteiger partial charge < -0.3 is 10.5 Å². The molecule has 0 spiro atoms. The largest absolute Gasteiger partial charge is 0.382 e. The molecule has 1 aliphatic heterocycles. The number of nitrogen functional groups attached to an aromatic ring is 1. The van der Waals surface area contributed by atoms with Gasteiger partial charge in [0.25, 0.3) is 0 Å². The number of rotatable bonds is 1. The van der Waals surface area contributed by atoms with Gasteiger partial charge in [0.15, 0.2) is 11.5 Å². The van der Waals surface area contributed by atoms with Crippen LogP contribution in [0.15, 0.2) is 18.5 Å². The van der Waals surface area contributed by atoms with Crippen LogP contribution in [-0.4, -0.2) is 25.6 Å². The number of ether oxygens (including phenoxy) is 1. The molecule has 18 heavy (non-hydrogen) atoms. The highest BCUT2D eigenvalue weighted by Crippen LogP contribution is 2.33. The van der Waals surface area contributed by atoms with E-state index >= 15 is 0 Å². The molecular weight excluding hydrogens is 254 g/mol. The lowest BCUT2D eigenvalue weighted by molar-refractivity contribution is 0.0174. The third-order valence-electron chi connectivity index (χ3n) is 3.10. The normalized spacial score (nSPS) is 24.0. The summed E-state index contributed by atoms with van der Waals surface area (Å²) in [6, 6.07) is 0. The van der Waals surface area contributed by atoms with Crippen molar-refractivity contribution in [3.8, 4) is 0 Å². The van der Waals surface area contributed by atoms with Crippen LogP contribution in [0.1, 0.15) is 19.6 Å². The Morgan fingerprint density at radius 1 is 1.56 bits per heavy atom. The quantitative estimate of drug-likeness (QED) is 0.629. The molecule has 3 heterocycles. The molecule has 0 bridgehead atoms. The summed E-state index contributed by atoms with van der Waals surface area (Å²) in [6.45, 7) is 5.94. The summed E-state index contributed by atoms with van der Waals surface area (Å²) in [5.41, 5.74) is 7.92. The Morgan fingerprint density at radius 2 is 2.33 bits per heavy atom. The molecule has 0 amide bonds. The Labute approximate surface area is 108 Å². The summed E-state index contributed by atoms with van der Waals surface area (Å²) in [6.07, 6.45) is 2.24. The molecule has 0 radical (unpaired) electrons. The topological polar surface area (TPSA) is 78.9 Å². The van der Waals surface area contributed by atoms with Crippen molar-refractivity contribution in [1.29, 1.82) is 0 Å². The summed E-state index contributed by atoms with van der Waals surface area (Å²) >= 11 is 5.82. The predicted octanol–water partition coefficient (Wildman–Crippen LogP) is 1.93. The molecular formula is C11H12ClN5O. The number of nitrogens with two attached hydrogens (primary N) is 1. The Hall–Kier alpha value is -1.66. The average Bonchev–Trinajstić information content (AvgIpc) is 2.83. The smallest absolute Gasteiger partial charge is 0.226 e. The molecule has 1 saturated heterocycles. The van der Waals surface area contributed by atoms with Crippen molar-refractivity contribution in [3.63, 3.8) is 0 Å². The lowest BCUT2D eigenvalue weighted by atomic mass is 10.1. The maximum atomic E-state index is 5.82. The maximum Gasteiger partial charge on any atom is 0.226 e. The van der Waals surface area contributed by atoms with Crippen LogP contribution in [0.25, 0.3) is 11.2 Å². The van der Waals surface area contributed by atoms with Gasteiger partial charge in [-0.3, -0.25) is 4.57 Å². The first-order valence-electron chi connectivity index (χ1n) is 5.55. The number of hydrogen-bond donors (Lipinski definition) is 1. The number of fused-ring (bicyclic) bond motifs is 1.